The SMILES string of the molecule is CCOC(=O)CSc1nnc(N)n1C(C)C(=O)Nc1nc2ccccc2s1. The number of thioether (sulfide) groups is 1. The van der Waals surface area contributed by atoms with Crippen molar-refractivity contribution in [2.75, 3.05) is 23.4 Å². The first-order chi connectivity index (χ1) is 13.0. The van der Waals surface area contributed by atoms with Gasteiger partial charge in [-0.3, -0.25) is 14.2 Å². The predicted octanol–water partition coefficient (Wildman–Crippen LogP) is 2.32. The molecule has 2 heterocycles. The molecule has 1 atom stereocenters. The van der Waals surface area contributed by atoms with Crippen molar-refractivity contribution in [2.45, 2.75) is 25.0 Å². The second-order valence-corrected chi connectivity index (χ2v) is 7.43. The topological polar surface area (TPSA) is 125 Å². The zero-order chi connectivity index (χ0) is 19.4. The maximum Gasteiger partial charge on any atom is 0.316 e. The largest absolute Gasteiger partial charge is 0.465 e. The highest BCUT2D eigenvalue weighted by Gasteiger charge is 2.23. The third-order valence-electron chi connectivity index (χ3n) is 3.61. The van der Waals surface area contributed by atoms with Crippen LogP contribution in [0.2, 0.25) is 0 Å². The van der Waals surface area contributed by atoms with Gasteiger partial charge in [0.25, 0.3) is 0 Å². The van der Waals surface area contributed by atoms with Crippen LogP contribution in [0.1, 0.15) is 19.9 Å². The molecule has 142 valence electrons. The Hall–Kier alpha value is -2.66. The molecule has 0 bridgehead atoms. The summed E-state index contributed by atoms with van der Waals surface area (Å²) >= 11 is 2.50. The molecule has 1 aromatic carbocycles. The molecule has 0 radical (unpaired) electrons. The molecule has 1 amide bonds. The lowest BCUT2D eigenvalue weighted by Gasteiger charge is -2.15. The fraction of sp³-hybridized carbons (Fsp3) is 0.312. The zero-order valence-electron chi connectivity index (χ0n) is 14.7. The molecule has 0 spiro atoms. The molecule has 3 aromatic rings. The molecular weight excluding hydrogens is 388 g/mol. The second kappa shape index (κ2) is 8.35. The molecule has 3 N–H and O–H groups in total. The molecule has 0 aliphatic rings. The number of para-hydroxylation sites is 1. The first kappa shape index (κ1) is 19.1. The fourth-order valence-electron chi connectivity index (χ4n) is 2.33. The summed E-state index contributed by atoms with van der Waals surface area (Å²) in [5, 5.41) is 11.4. The number of anilines is 2. The molecule has 0 saturated carbocycles. The minimum Gasteiger partial charge on any atom is -0.465 e. The Morgan fingerprint density at radius 3 is 2.89 bits per heavy atom. The number of amides is 1. The minimum absolute atomic E-state index is 0.0538. The Kier molecular flexibility index (Phi) is 5.91. The van der Waals surface area contributed by atoms with E-state index in [0.29, 0.717) is 16.9 Å². The van der Waals surface area contributed by atoms with Crippen molar-refractivity contribution in [3.8, 4) is 0 Å². The predicted molar refractivity (Wildman–Crippen MR) is 105 cm³/mol. The molecule has 27 heavy (non-hydrogen) atoms. The number of hydrogen-bond acceptors (Lipinski definition) is 9. The van der Waals surface area contributed by atoms with Crippen LogP contribution in [0.5, 0.6) is 0 Å². The molecular formula is C16H18N6O3S2. The second-order valence-electron chi connectivity index (χ2n) is 5.46. The summed E-state index contributed by atoms with van der Waals surface area (Å²) in [4.78, 5) is 28.6. The highest BCUT2D eigenvalue weighted by Crippen LogP contribution is 2.27. The van der Waals surface area contributed by atoms with E-state index in [-0.39, 0.29) is 23.6 Å². The summed E-state index contributed by atoms with van der Waals surface area (Å²) in [6.45, 7) is 3.71. The van der Waals surface area contributed by atoms with Crippen molar-refractivity contribution in [1.29, 1.82) is 0 Å². The van der Waals surface area contributed by atoms with Crippen LogP contribution in [0.4, 0.5) is 11.1 Å². The van der Waals surface area contributed by atoms with Crippen LogP contribution in [0.25, 0.3) is 10.2 Å². The van der Waals surface area contributed by atoms with Gasteiger partial charge in [0.2, 0.25) is 11.9 Å². The maximum atomic E-state index is 12.7. The zero-order valence-corrected chi connectivity index (χ0v) is 16.3. The third-order valence-corrected chi connectivity index (χ3v) is 5.47. The number of hydrogen-bond donors (Lipinski definition) is 2. The van der Waals surface area contributed by atoms with Crippen molar-refractivity contribution in [2.24, 2.45) is 0 Å². The maximum absolute atomic E-state index is 12.7. The Bertz CT molecular complexity index is 937. The minimum atomic E-state index is -0.684. The summed E-state index contributed by atoms with van der Waals surface area (Å²) in [6.07, 6.45) is 0. The molecule has 11 heteroatoms. The van der Waals surface area contributed by atoms with Gasteiger partial charge < -0.3 is 15.8 Å². The van der Waals surface area contributed by atoms with E-state index < -0.39 is 6.04 Å². The average Bonchev–Trinajstić information content (AvgIpc) is 3.22. The van der Waals surface area contributed by atoms with Gasteiger partial charge in [0.1, 0.15) is 6.04 Å². The smallest absolute Gasteiger partial charge is 0.316 e. The van der Waals surface area contributed by atoms with E-state index in [0.717, 1.165) is 22.0 Å². The number of ether oxygens (including phenoxy) is 1. The Morgan fingerprint density at radius 1 is 1.37 bits per heavy atom. The van der Waals surface area contributed by atoms with Crippen LogP contribution in [-0.4, -0.2) is 44.0 Å². The van der Waals surface area contributed by atoms with Gasteiger partial charge in [-0.25, -0.2) is 4.98 Å². The highest BCUT2D eigenvalue weighted by molar-refractivity contribution is 7.99. The van der Waals surface area contributed by atoms with Crippen LogP contribution in [-0.2, 0) is 14.3 Å². The van der Waals surface area contributed by atoms with E-state index in [4.69, 9.17) is 10.5 Å². The standard InChI is InChI=1S/C16H18N6O3S2/c1-3-25-12(23)8-26-16-21-20-14(17)22(16)9(2)13(24)19-15-18-10-6-4-5-7-11(10)27-15/h4-7,9H,3,8H2,1-2H3,(H2,17,20)(H,18,19,24). The van der Waals surface area contributed by atoms with E-state index in [9.17, 15) is 9.59 Å². The number of carbonyl (C=O) groups excluding carboxylic acids is 2. The van der Waals surface area contributed by atoms with Gasteiger partial charge in [0.15, 0.2) is 10.3 Å². The summed E-state index contributed by atoms with van der Waals surface area (Å²) in [7, 11) is 0. The van der Waals surface area contributed by atoms with E-state index in [1.165, 1.54) is 15.9 Å². The van der Waals surface area contributed by atoms with E-state index in [2.05, 4.69) is 20.5 Å². The van der Waals surface area contributed by atoms with Crippen LogP contribution in [0, 0.1) is 0 Å². The summed E-state index contributed by atoms with van der Waals surface area (Å²) in [6, 6.07) is 6.94. The number of aromatic nitrogens is 4. The molecule has 1 unspecified atom stereocenters. The normalized spacial score (nSPS) is 12.1. The van der Waals surface area contributed by atoms with Crippen LogP contribution < -0.4 is 11.1 Å². The molecule has 2 aromatic heterocycles. The lowest BCUT2D eigenvalue weighted by atomic mass is 10.3. The van der Waals surface area contributed by atoms with Gasteiger partial charge in [-0.1, -0.05) is 35.2 Å². The fourth-order valence-corrected chi connectivity index (χ4v) is 4.02. The number of nitrogens with zero attached hydrogens (tertiary/aromatic N) is 4. The number of benzene rings is 1. The van der Waals surface area contributed by atoms with Crippen molar-refractivity contribution >= 4 is 56.3 Å². The lowest BCUT2D eigenvalue weighted by Crippen LogP contribution is -2.25. The Labute approximate surface area is 163 Å². The van der Waals surface area contributed by atoms with Gasteiger partial charge in [-0.15, -0.1) is 10.2 Å². The van der Waals surface area contributed by atoms with Gasteiger partial charge in [-0.05, 0) is 26.0 Å². The van der Waals surface area contributed by atoms with Gasteiger partial charge in [0.05, 0.1) is 22.6 Å². The first-order valence-corrected chi connectivity index (χ1v) is 9.95. The summed E-state index contributed by atoms with van der Waals surface area (Å²) < 4.78 is 7.35. The lowest BCUT2D eigenvalue weighted by molar-refractivity contribution is -0.139. The van der Waals surface area contributed by atoms with Gasteiger partial charge in [-0.2, -0.15) is 0 Å². The number of esters is 1. The van der Waals surface area contributed by atoms with E-state index >= 15 is 0 Å². The van der Waals surface area contributed by atoms with Crippen LogP contribution in [0.15, 0.2) is 29.4 Å². The first-order valence-electron chi connectivity index (χ1n) is 8.14. The molecule has 9 nitrogen and oxygen atoms in total. The number of nitrogen functional groups attached to an aromatic ring is 1. The quantitative estimate of drug-likeness (QED) is 0.452. The number of carbonyl (C=O) groups is 2. The van der Waals surface area contributed by atoms with E-state index in [1.807, 2.05) is 24.3 Å². The van der Waals surface area contributed by atoms with Crippen molar-refractivity contribution in [3.63, 3.8) is 0 Å². The van der Waals surface area contributed by atoms with Crippen molar-refractivity contribution in [1.82, 2.24) is 19.7 Å². The van der Waals surface area contributed by atoms with Crippen LogP contribution >= 0.6 is 23.1 Å². The van der Waals surface area contributed by atoms with Gasteiger partial charge in [0, 0.05) is 0 Å². The summed E-state index contributed by atoms with van der Waals surface area (Å²) in [5.41, 5.74) is 6.69. The van der Waals surface area contributed by atoms with Crippen molar-refractivity contribution in [3.05, 3.63) is 24.3 Å². The third kappa shape index (κ3) is 4.37. The number of rotatable bonds is 7. The summed E-state index contributed by atoms with van der Waals surface area (Å²) in [5.74, 6) is -0.535. The molecule has 0 aliphatic heterocycles. The Balaban J connectivity index is 1.72. The molecule has 0 saturated heterocycles. The molecule has 0 aliphatic carbocycles. The van der Waals surface area contributed by atoms with E-state index in [1.54, 1.807) is 13.8 Å². The number of thiazole rings is 1. The van der Waals surface area contributed by atoms with Crippen molar-refractivity contribution < 1.29 is 14.3 Å². The van der Waals surface area contributed by atoms with Crippen LogP contribution in [0.3, 0.4) is 0 Å². The monoisotopic (exact) mass is 406 g/mol. The number of nitrogens with two attached hydrogens (primary N) is 1. The average molecular weight is 406 g/mol. The number of nitrogens with one attached hydrogen (secondary N) is 1. The Morgan fingerprint density at radius 2 is 2.15 bits per heavy atom. The molecule has 0 fully saturated rings. The number of fused-ring (bicyclic) bond motifs is 1. The highest BCUT2D eigenvalue weighted by atomic mass is 32.2. The molecule has 3 rings (SSSR count). The van der Waals surface area contributed by atoms with Gasteiger partial charge >= 0.3 is 5.97 Å².